The highest BCUT2D eigenvalue weighted by atomic mass is 32.2. The van der Waals surface area contributed by atoms with Gasteiger partial charge >= 0.3 is 0 Å². The van der Waals surface area contributed by atoms with Crippen molar-refractivity contribution in [2.24, 2.45) is 5.14 Å². The van der Waals surface area contributed by atoms with Crippen molar-refractivity contribution in [3.63, 3.8) is 0 Å². The summed E-state index contributed by atoms with van der Waals surface area (Å²) < 4.78 is 29.0. The van der Waals surface area contributed by atoms with Crippen LogP contribution < -0.4 is 20.1 Å². The minimum atomic E-state index is -3.79. The Balaban J connectivity index is 1.40. The fourth-order valence-corrected chi connectivity index (χ4v) is 5.76. The molecule has 2 atom stereocenters. The van der Waals surface area contributed by atoms with E-state index < -0.39 is 10.0 Å². The van der Waals surface area contributed by atoms with Gasteiger partial charge in [0.2, 0.25) is 16.0 Å². The summed E-state index contributed by atoms with van der Waals surface area (Å²) in [5.41, 5.74) is 2.73. The molecule has 0 aliphatic carbocycles. The number of primary sulfonamides is 1. The topological polar surface area (TPSA) is 110 Å². The molecule has 172 valence electrons. The van der Waals surface area contributed by atoms with Crippen molar-refractivity contribution in [2.45, 2.75) is 48.6 Å². The van der Waals surface area contributed by atoms with Crippen molar-refractivity contribution >= 4 is 27.3 Å². The first kappa shape index (κ1) is 21.7. The number of aromatic nitrogens is 2. The average Bonchev–Trinajstić information content (AvgIpc) is 3.08. The van der Waals surface area contributed by atoms with Gasteiger partial charge in [0.15, 0.2) is 5.75 Å². The molecule has 1 aromatic heterocycles. The molecular formula is C24H27N5O3S. The van der Waals surface area contributed by atoms with Crippen LogP contribution in [0.2, 0.25) is 0 Å². The Morgan fingerprint density at radius 2 is 1.79 bits per heavy atom. The molecule has 0 saturated carbocycles. The van der Waals surface area contributed by atoms with Gasteiger partial charge in [-0.2, -0.15) is 0 Å². The summed E-state index contributed by atoms with van der Waals surface area (Å²) in [7, 11) is -2.16. The number of nitrogens with one attached hydrogen (secondary N) is 1. The number of benzene rings is 2. The monoisotopic (exact) mass is 465 g/mol. The van der Waals surface area contributed by atoms with Crippen molar-refractivity contribution in [1.29, 1.82) is 0 Å². The van der Waals surface area contributed by atoms with Crippen molar-refractivity contribution in [3.05, 3.63) is 66.5 Å². The Kier molecular flexibility index (Phi) is 5.67. The maximum absolute atomic E-state index is 11.7. The van der Waals surface area contributed by atoms with Crippen molar-refractivity contribution in [1.82, 2.24) is 9.97 Å². The van der Waals surface area contributed by atoms with Crippen LogP contribution in [0, 0.1) is 0 Å². The van der Waals surface area contributed by atoms with Crippen LogP contribution in [0.5, 0.6) is 5.75 Å². The number of sulfonamides is 1. The standard InChI is InChI=1S/C24H27N5O3S/c1-32-22-15-26-24(27-17-6-5-9-21(14-17)33(25,30)31)28-23(22)16-12-19-10-11-20(13-16)29(19)18-7-3-2-4-8-18/h2-9,14-16,19-20H,10-13H2,1H3,(H2,25,30,31)(H,26,27,28). The number of anilines is 3. The highest BCUT2D eigenvalue weighted by molar-refractivity contribution is 7.89. The number of hydrogen-bond donors (Lipinski definition) is 2. The Bertz CT molecular complexity index is 1240. The lowest BCUT2D eigenvalue weighted by molar-refractivity contribution is 0.370. The summed E-state index contributed by atoms with van der Waals surface area (Å²) in [6.07, 6.45) is 6.03. The van der Waals surface area contributed by atoms with Crippen LogP contribution in [0.25, 0.3) is 0 Å². The summed E-state index contributed by atoms with van der Waals surface area (Å²) in [6.45, 7) is 0. The molecule has 9 heteroatoms. The number of fused-ring (bicyclic) bond motifs is 2. The number of piperidine rings is 1. The molecule has 5 rings (SSSR count). The molecule has 3 heterocycles. The zero-order chi connectivity index (χ0) is 23.0. The summed E-state index contributed by atoms with van der Waals surface area (Å²) in [5, 5.41) is 8.37. The largest absolute Gasteiger partial charge is 0.493 e. The molecule has 8 nitrogen and oxygen atoms in total. The molecule has 0 spiro atoms. The predicted molar refractivity (Wildman–Crippen MR) is 127 cm³/mol. The molecule has 2 unspecified atom stereocenters. The van der Waals surface area contributed by atoms with Gasteiger partial charge in [-0.05, 0) is 56.0 Å². The van der Waals surface area contributed by atoms with Gasteiger partial charge in [0.05, 0.1) is 23.9 Å². The predicted octanol–water partition coefficient (Wildman–Crippen LogP) is 3.79. The van der Waals surface area contributed by atoms with Crippen LogP contribution in [-0.4, -0.2) is 37.6 Å². The third-order valence-electron chi connectivity index (χ3n) is 6.60. The van der Waals surface area contributed by atoms with Gasteiger partial charge in [0, 0.05) is 29.4 Å². The fourth-order valence-electron chi connectivity index (χ4n) is 5.20. The maximum Gasteiger partial charge on any atom is 0.238 e. The summed E-state index contributed by atoms with van der Waals surface area (Å²) >= 11 is 0. The number of nitrogens with zero attached hydrogens (tertiary/aromatic N) is 3. The summed E-state index contributed by atoms with van der Waals surface area (Å²) in [4.78, 5) is 11.8. The highest BCUT2D eigenvalue weighted by Gasteiger charge is 2.42. The number of rotatable bonds is 6. The molecule has 2 fully saturated rings. The Morgan fingerprint density at radius 3 is 2.45 bits per heavy atom. The molecule has 2 aromatic carbocycles. The normalized spacial score (nSPS) is 22.2. The van der Waals surface area contributed by atoms with E-state index in [1.807, 2.05) is 0 Å². The van der Waals surface area contributed by atoms with Crippen LogP contribution in [0.1, 0.15) is 37.3 Å². The lowest BCUT2D eigenvalue weighted by Gasteiger charge is -2.40. The lowest BCUT2D eigenvalue weighted by atomic mass is 9.87. The van der Waals surface area contributed by atoms with E-state index in [0.29, 0.717) is 29.5 Å². The zero-order valence-electron chi connectivity index (χ0n) is 18.4. The number of nitrogens with two attached hydrogens (primary N) is 1. The quantitative estimate of drug-likeness (QED) is 0.570. The first-order valence-electron chi connectivity index (χ1n) is 11.1. The second-order valence-corrected chi connectivity index (χ2v) is 10.2. The molecule has 3 aromatic rings. The Morgan fingerprint density at radius 1 is 1.06 bits per heavy atom. The van der Waals surface area contributed by atoms with Gasteiger partial charge in [-0.15, -0.1) is 0 Å². The van der Waals surface area contributed by atoms with E-state index in [9.17, 15) is 8.42 Å². The number of para-hydroxylation sites is 1. The van der Waals surface area contributed by atoms with Crippen molar-refractivity contribution in [3.8, 4) is 5.75 Å². The smallest absolute Gasteiger partial charge is 0.238 e. The van der Waals surface area contributed by atoms with Crippen LogP contribution in [0.15, 0.2) is 65.7 Å². The molecule has 0 amide bonds. The minimum absolute atomic E-state index is 0.0334. The van der Waals surface area contributed by atoms with Gasteiger partial charge in [-0.1, -0.05) is 24.3 Å². The molecule has 3 N–H and O–H groups in total. The first-order chi connectivity index (χ1) is 15.9. The van der Waals surface area contributed by atoms with E-state index in [-0.39, 0.29) is 10.8 Å². The maximum atomic E-state index is 11.7. The van der Waals surface area contributed by atoms with Gasteiger partial charge < -0.3 is 15.0 Å². The van der Waals surface area contributed by atoms with E-state index in [4.69, 9.17) is 14.9 Å². The third kappa shape index (κ3) is 4.38. The molecule has 2 bridgehead atoms. The van der Waals surface area contributed by atoms with Crippen LogP contribution in [0.4, 0.5) is 17.3 Å². The molecule has 33 heavy (non-hydrogen) atoms. The highest BCUT2D eigenvalue weighted by Crippen LogP contribution is 2.46. The van der Waals surface area contributed by atoms with E-state index in [2.05, 4.69) is 45.5 Å². The number of hydrogen-bond acceptors (Lipinski definition) is 7. The zero-order valence-corrected chi connectivity index (χ0v) is 19.2. The fraction of sp³-hybridized carbons (Fsp3) is 0.333. The Labute approximate surface area is 193 Å². The summed E-state index contributed by atoms with van der Waals surface area (Å²) in [5.74, 6) is 1.34. The second-order valence-electron chi connectivity index (χ2n) is 8.64. The lowest BCUT2D eigenvalue weighted by Crippen LogP contribution is -2.42. The van der Waals surface area contributed by atoms with E-state index in [1.54, 1.807) is 25.4 Å². The van der Waals surface area contributed by atoms with Crippen LogP contribution in [0.3, 0.4) is 0 Å². The van der Waals surface area contributed by atoms with Crippen molar-refractivity contribution < 1.29 is 13.2 Å². The third-order valence-corrected chi connectivity index (χ3v) is 7.51. The summed E-state index contributed by atoms with van der Waals surface area (Å²) in [6, 6.07) is 17.9. The minimum Gasteiger partial charge on any atom is -0.493 e. The van der Waals surface area contributed by atoms with E-state index in [0.717, 1.165) is 18.5 Å². The number of methoxy groups -OCH3 is 1. The molecule has 2 aliphatic heterocycles. The van der Waals surface area contributed by atoms with Crippen molar-refractivity contribution in [2.75, 3.05) is 17.3 Å². The van der Waals surface area contributed by atoms with E-state index >= 15 is 0 Å². The number of ether oxygens (including phenoxy) is 1. The SMILES string of the molecule is COc1cnc(Nc2cccc(S(N)(=O)=O)c2)nc1C1CC2CCC(C1)N2c1ccccc1. The van der Waals surface area contributed by atoms with Gasteiger partial charge in [-0.3, -0.25) is 0 Å². The second kappa shape index (κ2) is 8.64. The Hall–Kier alpha value is -3.17. The van der Waals surface area contributed by atoms with E-state index in [1.165, 1.54) is 30.7 Å². The average molecular weight is 466 g/mol. The molecular weight excluding hydrogens is 438 g/mol. The van der Waals surface area contributed by atoms with Crippen LogP contribution >= 0.6 is 0 Å². The molecule has 0 radical (unpaired) electrons. The molecule has 2 saturated heterocycles. The van der Waals surface area contributed by atoms with Gasteiger partial charge in [0.25, 0.3) is 0 Å². The first-order valence-corrected chi connectivity index (χ1v) is 12.6. The van der Waals surface area contributed by atoms with Gasteiger partial charge in [-0.25, -0.2) is 23.5 Å². The molecule has 2 aliphatic rings. The van der Waals surface area contributed by atoms with Gasteiger partial charge in [0.1, 0.15) is 0 Å². The van der Waals surface area contributed by atoms with Crippen LogP contribution in [-0.2, 0) is 10.0 Å².